The van der Waals surface area contributed by atoms with Crippen LogP contribution in [0.1, 0.15) is 18.1 Å². The first-order valence-corrected chi connectivity index (χ1v) is 5.90. The van der Waals surface area contributed by atoms with Gasteiger partial charge in [0.2, 0.25) is 0 Å². The summed E-state index contributed by atoms with van der Waals surface area (Å²) in [6, 6.07) is 5.91. The van der Waals surface area contributed by atoms with Crippen LogP contribution in [0.4, 0.5) is 4.39 Å². The number of nitrogens with one attached hydrogen (secondary N) is 1. The van der Waals surface area contributed by atoms with Crippen molar-refractivity contribution in [3.05, 3.63) is 35.1 Å². The number of nitrogens with zero attached hydrogens (tertiary/aromatic N) is 1. The average Bonchev–Trinajstić information content (AvgIpc) is 2.19. The highest BCUT2D eigenvalue weighted by Gasteiger charge is 2.23. The Labute approximate surface area is 96.5 Å². The fraction of sp³-hybridized carbons (Fsp3) is 0.538. The highest BCUT2D eigenvalue weighted by molar-refractivity contribution is 5.24. The van der Waals surface area contributed by atoms with Crippen LogP contribution in [0.25, 0.3) is 0 Å². The minimum Gasteiger partial charge on any atom is -0.314 e. The molecule has 0 radical (unpaired) electrons. The van der Waals surface area contributed by atoms with E-state index in [2.05, 4.69) is 17.1 Å². The third-order valence-electron chi connectivity index (χ3n) is 3.26. The molecule has 1 heterocycles. The Bertz CT molecular complexity index is 361. The second kappa shape index (κ2) is 4.93. The van der Waals surface area contributed by atoms with Gasteiger partial charge >= 0.3 is 0 Å². The Kier molecular flexibility index (Phi) is 3.56. The average molecular weight is 222 g/mol. The number of rotatable bonds is 4. The third-order valence-corrected chi connectivity index (χ3v) is 3.26. The van der Waals surface area contributed by atoms with Gasteiger partial charge in [-0.25, -0.2) is 4.39 Å². The van der Waals surface area contributed by atoms with Crippen LogP contribution in [0.3, 0.4) is 0 Å². The maximum Gasteiger partial charge on any atom is 0.127 e. The zero-order chi connectivity index (χ0) is 11.5. The Balaban J connectivity index is 2.08. The molecule has 0 aromatic heterocycles. The van der Waals surface area contributed by atoms with Crippen LogP contribution in [0.15, 0.2) is 18.2 Å². The molecule has 1 N–H and O–H groups in total. The molecule has 2 nitrogen and oxygen atoms in total. The van der Waals surface area contributed by atoms with Gasteiger partial charge in [-0.1, -0.05) is 24.6 Å². The quantitative estimate of drug-likeness (QED) is 0.837. The molecule has 0 saturated carbocycles. The van der Waals surface area contributed by atoms with Crippen molar-refractivity contribution in [2.45, 2.75) is 26.4 Å². The van der Waals surface area contributed by atoms with Crippen LogP contribution < -0.4 is 5.32 Å². The van der Waals surface area contributed by atoms with Gasteiger partial charge in [0, 0.05) is 31.2 Å². The Morgan fingerprint density at radius 2 is 2.19 bits per heavy atom. The van der Waals surface area contributed by atoms with Gasteiger partial charge in [-0.05, 0) is 19.5 Å². The van der Waals surface area contributed by atoms with Crippen molar-refractivity contribution in [3.8, 4) is 0 Å². The summed E-state index contributed by atoms with van der Waals surface area (Å²) in [7, 11) is 0. The van der Waals surface area contributed by atoms with E-state index >= 15 is 0 Å². The van der Waals surface area contributed by atoms with Crippen molar-refractivity contribution in [1.29, 1.82) is 0 Å². The van der Waals surface area contributed by atoms with Gasteiger partial charge in [-0.3, -0.25) is 4.90 Å². The summed E-state index contributed by atoms with van der Waals surface area (Å²) < 4.78 is 13.6. The van der Waals surface area contributed by atoms with Crippen molar-refractivity contribution < 1.29 is 4.39 Å². The monoisotopic (exact) mass is 222 g/mol. The fourth-order valence-electron chi connectivity index (χ4n) is 2.07. The van der Waals surface area contributed by atoms with E-state index in [9.17, 15) is 4.39 Å². The number of hydrogen-bond donors (Lipinski definition) is 1. The highest BCUT2D eigenvalue weighted by atomic mass is 19.1. The number of likely N-dealkylation sites (N-methyl/N-ethyl adjacent to an activating group) is 1. The topological polar surface area (TPSA) is 15.3 Å². The Morgan fingerprint density at radius 1 is 1.44 bits per heavy atom. The van der Waals surface area contributed by atoms with E-state index < -0.39 is 0 Å². The maximum absolute atomic E-state index is 13.6. The normalized spacial score (nSPS) is 16.5. The molecule has 88 valence electrons. The van der Waals surface area contributed by atoms with Gasteiger partial charge in [-0.15, -0.1) is 0 Å². The number of hydrogen-bond acceptors (Lipinski definition) is 2. The van der Waals surface area contributed by atoms with Crippen LogP contribution in [0, 0.1) is 12.7 Å². The summed E-state index contributed by atoms with van der Waals surface area (Å²) in [4.78, 5) is 2.33. The van der Waals surface area contributed by atoms with Crippen molar-refractivity contribution in [3.63, 3.8) is 0 Å². The van der Waals surface area contributed by atoms with Crippen LogP contribution >= 0.6 is 0 Å². The van der Waals surface area contributed by atoms with Crippen LogP contribution in [0.2, 0.25) is 0 Å². The molecule has 0 unspecified atom stereocenters. The molecule has 1 aromatic carbocycles. The molecule has 0 bridgehead atoms. The second-order valence-electron chi connectivity index (χ2n) is 4.47. The van der Waals surface area contributed by atoms with Gasteiger partial charge < -0.3 is 5.32 Å². The van der Waals surface area contributed by atoms with Gasteiger partial charge in [0.15, 0.2) is 0 Å². The van der Waals surface area contributed by atoms with Crippen molar-refractivity contribution in [2.24, 2.45) is 0 Å². The molecule has 0 aliphatic carbocycles. The molecular formula is C13H19FN2. The number of benzene rings is 1. The van der Waals surface area contributed by atoms with Gasteiger partial charge in [-0.2, -0.15) is 0 Å². The molecule has 0 amide bonds. The van der Waals surface area contributed by atoms with E-state index in [0.29, 0.717) is 6.04 Å². The Hall–Kier alpha value is -0.930. The first-order valence-electron chi connectivity index (χ1n) is 5.90. The van der Waals surface area contributed by atoms with E-state index in [1.54, 1.807) is 6.07 Å². The largest absolute Gasteiger partial charge is 0.314 e. The van der Waals surface area contributed by atoms with Gasteiger partial charge in [0.1, 0.15) is 5.82 Å². The summed E-state index contributed by atoms with van der Waals surface area (Å²) in [5, 5.41) is 3.25. The number of halogens is 1. The summed E-state index contributed by atoms with van der Waals surface area (Å²) in [5.74, 6) is -0.0867. The summed E-state index contributed by atoms with van der Waals surface area (Å²) in [6.07, 6.45) is 0. The van der Waals surface area contributed by atoms with E-state index in [4.69, 9.17) is 0 Å². The molecule has 0 spiro atoms. The number of aryl methyl sites for hydroxylation is 1. The zero-order valence-corrected chi connectivity index (χ0v) is 9.96. The molecule has 2 rings (SSSR count). The van der Waals surface area contributed by atoms with Crippen molar-refractivity contribution in [1.82, 2.24) is 10.2 Å². The smallest absolute Gasteiger partial charge is 0.127 e. The molecule has 16 heavy (non-hydrogen) atoms. The lowest BCUT2D eigenvalue weighted by molar-refractivity contribution is 0.143. The molecule has 1 aromatic rings. The predicted octanol–water partition coefficient (Wildman–Crippen LogP) is 1.93. The van der Waals surface area contributed by atoms with Crippen LogP contribution in [-0.4, -0.2) is 30.6 Å². The zero-order valence-electron chi connectivity index (χ0n) is 9.96. The lowest BCUT2D eigenvalue weighted by atomic mass is 10.1. The SMILES string of the molecule is CCN(Cc1cc(C)ccc1F)C1CNC1. The standard InChI is InChI=1S/C13H19FN2/c1-3-16(12-7-15-8-12)9-11-6-10(2)4-5-13(11)14/h4-6,12,15H,3,7-9H2,1-2H3. The van der Waals surface area contributed by atoms with Crippen LogP contribution in [-0.2, 0) is 6.54 Å². The molecule has 3 heteroatoms. The van der Waals surface area contributed by atoms with E-state index in [1.807, 2.05) is 19.1 Å². The molecule has 1 aliphatic rings. The second-order valence-corrected chi connectivity index (χ2v) is 4.47. The van der Waals surface area contributed by atoms with Gasteiger partial charge in [0.25, 0.3) is 0 Å². The minimum atomic E-state index is -0.0867. The van der Waals surface area contributed by atoms with Crippen molar-refractivity contribution in [2.75, 3.05) is 19.6 Å². The molecule has 1 aliphatic heterocycles. The van der Waals surface area contributed by atoms with Crippen LogP contribution in [0.5, 0.6) is 0 Å². The third kappa shape index (κ3) is 2.42. The lowest BCUT2D eigenvalue weighted by Crippen LogP contribution is -2.56. The first kappa shape index (κ1) is 11.6. The fourth-order valence-corrected chi connectivity index (χ4v) is 2.07. The maximum atomic E-state index is 13.6. The molecular weight excluding hydrogens is 203 g/mol. The lowest BCUT2D eigenvalue weighted by Gasteiger charge is -2.37. The van der Waals surface area contributed by atoms with E-state index in [0.717, 1.165) is 37.3 Å². The first-order chi connectivity index (χ1) is 7.70. The molecule has 0 atom stereocenters. The summed E-state index contributed by atoms with van der Waals surface area (Å²) >= 11 is 0. The van der Waals surface area contributed by atoms with Gasteiger partial charge in [0.05, 0.1) is 0 Å². The van der Waals surface area contributed by atoms with E-state index in [-0.39, 0.29) is 5.82 Å². The Morgan fingerprint density at radius 3 is 2.75 bits per heavy atom. The predicted molar refractivity (Wildman–Crippen MR) is 63.9 cm³/mol. The highest BCUT2D eigenvalue weighted by Crippen LogP contribution is 2.15. The minimum absolute atomic E-state index is 0.0867. The van der Waals surface area contributed by atoms with E-state index in [1.165, 1.54) is 0 Å². The molecule has 1 saturated heterocycles. The summed E-state index contributed by atoms with van der Waals surface area (Å²) in [5.41, 5.74) is 1.94. The van der Waals surface area contributed by atoms with Crippen molar-refractivity contribution >= 4 is 0 Å². The summed E-state index contributed by atoms with van der Waals surface area (Å²) in [6.45, 7) is 7.88. The molecule has 1 fully saturated rings.